The number of hydrogen-bond donors (Lipinski definition) is 0. The summed E-state index contributed by atoms with van der Waals surface area (Å²) < 4.78 is 56.6. The molecule has 0 aromatic heterocycles. The predicted molar refractivity (Wildman–Crippen MR) is 62.5 cm³/mol. The van der Waals surface area contributed by atoms with Gasteiger partial charge in [-0.2, -0.15) is 17.6 Å². The van der Waals surface area contributed by atoms with Crippen LogP contribution in [0.4, 0.5) is 17.6 Å². The van der Waals surface area contributed by atoms with Gasteiger partial charge in [-0.3, -0.25) is 0 Å². The SMILES string of the molecule is FC(F)Oc1ccc(C=CCBr)cc1OC(F)F. The molecule has 0 aliphatic carbocycles. The van der Waals surface area contributed by atoms with E-state index in [9.17, 15) is 17.6 Å². The van der Waals surface area contributed by atoms with E-state index in [0.717, 1.165) is 6.07 Å². The lowest BCUT2D eigenvalue weighted by molar-refractivity contribution is -0.0692. The standard InChI is InChI=1S/C11H9BrF4O2/c12-5-1-2-7-3-4-8(17-10(13)14)9(6-7)18-11(15)16/h1-4,6,10-11H,5H2. The molecule has 0 amide bonds. The highest BCUT2D eigenvalue weighted by Crippen LogP contribution is 2.31. The van der Waals surface area contributed by atoms with Crippen LogP contribution in [-0.2, 0) is 0 Å². The fourth-order valence-corrected chi connectivity index (χ4v) is 1.38. The molecule has 2 nitrogen and oxygen atoms in total. The number of hydrogen-bond acceptors (Lipinski definition) is 2. The Morgan fingerprint density at radius 1 is 1.06 bits per heavy atom. The van der Waals surface area contributed by atoms with E-state index in [1.807, 2.05) is 0 Å². The van der Waals surface area contributed by atoms with Gasteiger partial charge in [0.05, 0.1) is 0 Å². The summed E-state index contributed by atoms with van der Waals surface area (Å²) in [6.07, 6.45) is 3.34. The van der Waals surface area contributed by atoms with Crippen LogP contribution < -0.4 is 9.47 Å². The molecule has 0 radical (unpaired) electrons. The number of ether oxygens (including phenoxy) is 2. The summed E-state index contributed by atoms with van der Waals surface area (Å²) in [6, 6.07) is 3.80. The highest BCUT2D eigenvalue weighted by Gasteiger charge is 2.14. The second-order valence-corrected chi connectivity index (χ2v) is 3.67. The topological polar surface area (TPSA) is 18.5 Å². The first-order chi connectivity index (χ1) is 8.52. The van der Waals surface area contributed by atoms with E-state index >= 15 is 0 Å². The number of alkyl halides is 5. The maximum absolute atomic E-state index is 12.1. The van der Waals surface area contributed by atoms with Crippen molar-refractivity contribution >= 4 is 22.0 Å². The molecular formula is C11H9BrF4O2. The summed E-state index contributed by atoms with van der Waals surface area (Å²) in [5, 5.41) is 0.577. The second kappa shape index (κ2) is 7.25. The van der Waals surface area contributed by atoms with Crippen molar-refractivity contribution in [3.8, 4) is 11.5 Å². The maximum atomic E-state index is 12.1. The third-order valence-electron chi connectivity index (χ3n) is 1.80. The van der Waals surface area contributed by atoms with Crippen molar-refractivity contribution in [2.24, 2.45) is 0 Å². The maximum Gasteiger partial charge on any atom is 0.387 e. The number of halogens is 5. The predicted octanol–water partition coefficient (Wildman–Crippen LogP) is 4.30. The van der Waals surface area contributed by atoms with Crippen LogP contribution in [0.5, 0.6) is 11.5 Å². The van der Waals surface area contributed by atoms with E-state index in [1.54, 1.807) is 12.2 Å². The first-order valence-electron chi connectivity index (χ1n) is 4.79. The normalized spacial score (nSPS) is 11.5. The molecule has 0 N–H and O–H groups in total. The second-order valence-electron chi connectivity index (χ2n) is 3.02. The van der Waals surface area contributed by atoms with Gasteiger partial charge in [0.15, 0.2) is 11.5 Å². The van der Waals surface area contributed by atoms with Crippen LogP contribution in [0.3, 0.4) is 0 Å². The summed E-state index contributed by atoms with van der Waals surface area (Å²) in [7, 11) is 0. The van der Waals surface area contributed by atoms with Crippen molar-refractivity contribution in [2.75, 3.05) is 5.33 Å². The molecule has 0 bridgehead atoms. The molecule has 0 spiro atoms. The molecule has 0 aliphatic rings. The Bertz CT molecular complexity index is 410. The van der Waals surface area contributed by atoms with Gasteiger partial charge in [-0.15, -0.1) is 0 Å². The molecule has 0 saturated carbocycles. The molecule has 0 heterocycles. The van der Waals surface area contributed by atoms with Gasteiger partial charge in [0, 0.05) is 5.33 Å². The Morgan fingerprint density at radius 3 is 2.22 bits per heavy atom. The quantitative estimate of drug-likeness (QED) is 0.572. The van der Waals surface area contributed by atoms with Gasteiger partial charge in [0.1, 0.15) is 0 Å². The first kappa shape index (κ1) is 14.8. The van der Waals surface area contributed by atoms with E-state index < -0.39 is 24.7 Å². The van der Waals surface area contributed by atoms with Crippen LogP contribution in [-0.4, -0.2) is 18.6 Å². The van der Waals surface area contributed by atoms with E-state index in [0.29, 0.717) is 10.9 Å². The Balaban J connectivity index is 2.99. The molecule has 0 saturated heterocycles. The van der Waals surface area contributed by atoms with E-state index in [4.69, 9.17) is 0 Å². The van der Waals surface area contributed by atoms with Crippen LogP contribution in [0.25, 0.3) is 6.08 Å². The molecule has 1 aromatic rings. The number of allylic oxidation sites excluding steroid dienone is 1. The molecule has 0 atom stereocenters. The van der Waals surface area contributed by atoms with Crippen molar-refractivity contribution in [1.29, 1.82) is 0 Å². The summed E-state index contributed by atoms with van der Waals surface area (Å²) in [5.41, 5.74) is 0.534. The van der Waals surface area contributed by atoms with Crippen molar-refractivity contribution in [2.45, 2.75) is 13.2 Å². The van der Waals surface area contributed by atoms with Gasteiger partial charge in [-0.05, 0) is 17.7 Å². The van der Waals surface area contributed by atoms with Crippen LogP contribution in [0.1, 0.15) is 5.56 Å². The summed E-state index contributed by atoms with van der Waals surface area (Å²) in [6.45, 7) is -6.21. The van der Waals surface area contributed by atoms with Gasteiger partial charge in [-0.25, -0.2) is 0 Å². The summed E-state index contributed by atoms with van der Waals surface area (Å²) in [5.74, 6) is -0.858. The van der Waals surface area contributed by atoms with Gasteiger partial charge >= 0.3 is 13.2 Å². The number of benzene rings is 1. The Kier molecular flexibility index (Phi) is 5.97. The van der Waals surface area contributed by atoms with Crippen LogP contribution in [0.15, 0.2) is 24.3 Å². The minimum Gasteiger partial charge on any atom is -0.431 e. The Hall–Kier alpha value is -1.24. The zero-order valence-corrected chi connectivity index (χ0v) is 10.5. The lowest BCUT2D eigenvalue weighted by Crippen LogP contribution is -2.07. The average Bonchev–Trinajstić information content (AvgIpc) is 2.28. The molecule has 18 heavy (non-hydrogen) atoms. The largest absolute Gasteiger partial charge is 0.431 e. The highest BCUT2D eigenvalue weighted by molar-refractivity contribution is 9.09. The average molecular weight is 329 g/mol. The minimum atomic E-state index is -3.11. The zero-order valence-electron chi connectivity index (χ0n) is 8.95. The van der Waals surface area contributed by atoms with E-state index in [1.165, 1.54) is 12.1 Å². The third kappa shape index (κ3) is 4.95. The van der Waals surface area contributed by atoms with Gasteiger partial charge in [0.2, 0.25) is 0 Å². The van der Waals surface area contributed by atoms with Gasteiger partial charge in [-0.1, -0.05) is 34.1 Å². The molecule has 7 heteroatoms. The minimum absolute atomic E-state index is 0.429. The molecule has 1 rings (SSSR count). The first-order valence-corrected chi connectivity index (χ1v) is 5.91. The summed E-state index contributed by atoms with van der Waals surface area (Å²) >= 11 is 3.15. The van der Waals surface area contributed by atoms with Crippen LogP contribution in [0.2, 0.25) is 0 Å². The molecular weight excluding hydrogens is 320 g/mol. The van der Waals surface area contributed by atoms with Crippen molar-refractivity contribution < 1.29 is 27.0 Å². The van der Waals surface area contributed by atoms with Gasteiger partial charge < -0.3 is 9.47 Å². The lowest BCUT2D eigenvalue weighted by Gasteiger charge is -2.12. The van der Waals surface area contributed by atoms with Gasteiger partial charge in [0.25, 0.3) is 0 Å². The fourth-order valence-electron chi connectivity index (χ4n) is 1.19. The van der Waals surface area contributed by atoms with Crippen LogP contribution in [0, 0.1) is 0 Å². The van der Waals surface area contributed by atoms with E-state index in [-0.39, 0.29) is 0 Å². The third-order valence-corrected chi connectivity index (χ3v) is 2.17. The van der Waals surface area contributed by atoms with Crippen molar-refractivity contribution in [1.82, 2.24) is 0 Å². The number of rotatable bonds is 6. The Labute approximate surface area is 109 Å². The molecule has 0 aliphatic heterocycles. The van der Waals surface area contributed by atoms with Crippen molar-refractivity contribution in [3.05, 3.63) is 29.8 Å². The van der Waals surface area contributed by atoms with E-state index in [2.05, 4.69) is 25.4 Å². The molecule has 0 unspecified atom stereocenters. The summed E-state index contributed by atoms with van der Waals surface area (Å²) in [4.78, 5) is 0. The fraction of sp³-hybridized carbons (Fsp3) is 0.273. The van der Waals surface area contributed by atoms with Crippen LogP contribution >= 0.6 is 15.9 Å². The monoisotopic (exact) mass is 328 g/mol. The Morgan fingerprint density at radius 2 is 1.67 bits per heavy atom. The molecule has 1 aromatic carbocycles. The highest BCUT2D eigenvalue weighted by atomic mass is 79.9. The lowest BCUT2D eigenvalue weighted by atomic mass is 10.2. The van der Waals surface area contributed by atoms with Crippen molar-refractivity contribution in [3.63, 3.8) is 0 Å². The smallest absolute Gasteiger partial charge is 0.387 e. The molecule has 100 valence electrons. The zero-order chi connectivity index (χ0) is 13.5. The molecule has 0 fully saturated rings.